The average Bonchev–Trinajstić information content (AvgIpc) is 2.77. The van der Waals surface area contributed by atoms with E-state index in [1.165, 1.54) is 5.56 Å². The first-order valence-electron chi connectivity index (χ1n) is 10.0. The lowest BCUT2D eigenvalue weighted by Gasteiger charge is -2.26. The molecule has 1 fully saturated rings. The smallest absolute Gasteiger partial charge is 0.258 e. The second kappa shape index (κ2) is 9.54. The van der Waals surface area contributed by atoms with Crippen LogP contribution in [0.15, 0.2) is 66.7 Å². The Morgan fingerprint density at radius 2 is 1.72 bits per heavy atom. The molecule has 4 rings (SSSR count). The van der Waals surface area contributed by atoms with Gasteiger partial charge in [0, 0.05) is 26.2 Å². The van der Waals surface area contributed by atoms with Crippen molar-refractivity contribution >= 4 is 16.7 Å². The first-order valence-corrected chi connectivity index (χ1v) is 10.0. The van der Waals surface area contributed by atoms with Crippen molar-refractivity contribution in [1.29, 1.82) is 0 Å². The molecule has 5 heteroatoms. The molecule has 0 aromatic heterocycles. The van der Waals surface area contributed by atoms with Crippen molar-refractivity contribution in [3.63, 3.8) is 0 Å². The van der Waals surface area contributed by atoms with Crippen LogP contribution in [0.4, 0.5) is 0 Å². The molecule has 0 radical (unpaired) electrons. The maximum Gasteiger partial charge on any atom is 0.258 e. The van der Waals surface area contributed by atoms with Crippen molar-refractivity contribution in [2.45, 2.75) is 13.1 Å². The highest BCUT2D eigenvalue weighted by Gasteiger charge is 2.11. The Labute approximate surface area is 171 Å². The number of carbonyl (C=O) groups excluding carboxylic acids is 1. The number of nitrogens with one attached hydrogen (secondary N) is 1. The number of amides is 1. The highest BCUT2D eigenvalue weighted by Crippen LogP contribution is 2.20. The minimum absolute atomic E-state index is 0.00576. The van der Waals surface area contributed by atoms with Crippen LogP contribution in [0.2, 0.25) is 0 Å². The summed E-state index contributed by atoms with van der Waals surface area (Å²) >= 11 is 0. The topological polar surface area (TPSA) is 50.8 Å². The van der Waals surface area contributed by atoms with E-state index in [4.69, 9.17) is 9.47 Å². The van der Waals surface area contributed by atoms with Gasteiger partial charge in [0.25, 0.3) is 5.91 Å². The molecular formula is C24H26N2O3. The Morgan fingerprint density at radius 1 is 0.931 bits per heavy atom. The third-order valence-electron chi connectivity index (χ3n) is 5.08. The summed E-state index contributed by atoms with van der Waals surface area (Å²) in [7, 11) is 0. The Balaban J connectivity index is 1.26. The Bertz CT molecular complexity index is 967. The van der Waals surface area contributed by atoms with Crippen molar-refractivity contribution in [1.82, 2.24) is 10.2 Å². The van der Waals surface area contributed by atoms with E-state index in [1.54, 1.807) is 0 Å². The summed E-state index contributed by atoms with van der Waals surface area (Å²) in [6.07, 6.45) is 0. The highest BCUT2D eigenvalue weighted by atomic mass is 16.5. The summed E-state index contributed by atoms with van der Waals surface area (Å²) in [6.45, 7) is 4.94. The Hall–Kier alpha value is -2.89. The lowest BCUT2D eigenvalue weighted by Crippen LogP contribution is -2.35. The van der Waals surface area contributed by atoms with Crippen LogP contribution in [0, 0.1) is 0 Å². The van der Waals surface area contributed by atoms with Crippen LogP contribution in [-0.4, -0.2) is 43.7 Å². The molecular weight excluding hydrogens is 364 g/mol. The van der Waals surface area contributed by atoms with Gasteiger partial charge in [0.05, 0.1) is 13.2 Å². The van der Waals surface area contributed by atoms with Gasteiger partial charge in [0.1, 0.15) is 5.75 Å². The van der Waals surface area contributed by atoms with E-state index < -0.39 is 0 Å². The van der Waals surface area contributed by atoms with Gasteiger partial charge in [-0.25, -0.2) is 0 Å². The highest BCUT2D eigenvalue weighted by molar-refractivity contribution is 5.84. The average molecular weight is 390 g/mol. The molecule has 1 N–H and O–H groups in total. The second-order valence-electron chi connectivity index (χ2n) is 7.28. The summed E-state index contributed by atoms with van der Waals surface area (Å²) in [5.41, 5.74) is 2.35. The van der Waals surface area contributed by atoms with E-state index in [2.05, 4.69) is 28.4 Å². The molecule has 0 bridgehead atoms. The van der Waals surface area contributed by atoms with Crippen LogP contribution in [-0.2, 0) is 22.6 Å². The monoisotopic (exact) mass is 390 g/mol. The molecule has 0 spiro atoms. The SMILES string of the molecule is O=C(COc1ccc2ccccc2c1)NCc1cccc(CN2CCOCC2)c1. The van der Waals surface area contributed by atoms with Gasteiger partial charge < -0.3 is 14.8 Å². The van der Waals surface area contributed by atoms with Gasteiger partial charge in [-0.2, -0.15) is 0 Å². The number of benzene rings is 3. The van der Waals surface area contributed by atoms with Gasteiger partial charge in [-0.15, -0.1) is 0 Å². The lowest BCUT2D eigenvalue weighted by atomic mass is 10.1. The van der Waals surface area contributed by atoms with Crippen molar-refractivity contribution in [3.05, 3.63) is 77.9 Å². The number of morpholine rings is 1. The number of hydrogen-bond donors (Lipinski definition) is 1. The standard InChI is InChI=1S/C24H26N2O3/c27-24(18-29-23-9-8-21-6-1-2-7-22(21)15-23)25-16-19-4-3-5-20(14-19)17-26-10-12-28-13-11-26/h1-9,14-15H,10-13,16-18H2,(H,25,27). The third kappa shape index (κ3) is 5.56. The maximum absolute atomic E-state index is 12.2. The van der Waals surface area contributed by atoms with Crippen molar-refractivity contribution in [2.75, 3.05) is 32.9 Å². The summed E-state index contributed by atoms with van der Waals surface area (Å²) in [4.78, 5) is 14.6. The molecule has 1 aliphatic rings. The fourth-order valence-corrected chi connectivity index (χ4v) is 3.51. The second-order valence-corrected chi connectivity index (χ2v) is 7.28. The number of hydrogen-bond acceptors (Lipinski definition) is 4. The van der Waals surface area contributed by atoms with Crippen LogP contribution in [0.3, 0.4) is 0 Å². The van der Waals surface area contributed by atoms with Crippen LogP contribution >= 0.6 is 0 Å². The first kappa shape index (κ1) is 19.4. The molecule has 1 heterocycles. The van der Waals surface area contributed by atoms with Crippen LogP contribution in [0.1, 0.15) is 11.1 Å². The quantitative estimate of drug-likeness (QED) is 0.672. The normalized spacial score (nSPS) is 14.6. The van der Waals surface area contributed by atoms with Gasteiger partial charge >= 0.3 is 0 Å². The number of carbonyl (C=O) groups is 1. The largest absolute Gasteiger partial charge is 0.484 e. The minimum atomic E-state index is -0.128. The van der Waals surface area contributed by atoms with Gasteiger partial charge in [0.15, 0.2) is 6.61 Å². The number of rotatable bonds is 7. The fraction of sp³-hybridized carbons (Fsp3) is 0.292. The summed E-state index contributed by atoms with van der Waals surface area (Å²) < 4.78 is 11.1. The molecule has 0 saturated carbocycles. The van der Waals surface area contributed by atoms with E-state index in [0.29, 0.717) is 12.3 Å². The fourth-order valence-electron chi connectivity index (χ4n) is 3.51. The van der Waals surface area contributed by atoms with Gasteiger partial charge in [-0.1, -0.05) is 54.6 Å². The molecule has 29 heavy (non-hydrogen) atoms. The van der Waals surface area contributed by atoms with Crippen molar-refractivity contribution < 1.29 is 14.3 Å². The van der Waals surface area contributed by atoms with Gasteiger partial charge in [-0.05, 0) is 34.0 Å². The molecule has 1 amide bonds. The van der Waals surface area contributed by atoms with Crippen molar-refractivity contribution in [2.24, 2.45) is 0 Å². The van der Waals surface area contributed by atoms with Crippen LogP contribution in [0.25, 0.3) is 10.8 Å². The van der Waals surface area contributed by atoms with E-state index >= 15 is 0 Å². The Morgan fingerprint density at radius 3 is 2.59 bits per heavy atom. The zero-order valence-electron chi connectivity index (χ0n) is 16.5. The summed E-state index contributed by atoms with van der Waals surface area (Å²) in [5.74, 6) is 0.572. The zero-order valence-corrected chi connectivity index (χ0v) is 16.5. The maximum atomic E-state index is 12.2. The zero-order chi connectivity index (χ0) is 19.9. The molecule has 1 aliphatic heterocycles. The van der Waals surface area contributed by atoms with Crippen molar-refractivity contribution in [3.8, 4) is 5.75 Å². The predicted molar refractivity (Wildman–Crippen MR) is 114 cm³/mol. The lowest BCUT2D eigenvalue weighted by molar-refractivity contribution is -0.123. The van der Waals surface area contributed by atoms with E-state index in [9.17, 15) is 4.79 Å². The van der Waals surface area contributed by atoms with Gasteiger partial charge in [-0.3, -0.25) is 9.69 Å². The number of fused-ring (bicyclic) bond motifs is 1. The molecule has 3 aromatic carbocycles. The van der Waals surface area contributed by atoms with Crippen LogP contribution in [0.5, 0.6) is 5.75 Å². The van der Waals surface area contributed by atoms with E-state index in [0.717, 1.165) is 49.2 Å². The number of nitrogens with zero attached hydrogens (tertiary/aromatic N) is 1. The molecule has 3 aromatic rings. The third-order valence-corrected chi connectivity index (χ3v) is 5.08. The van der Waals surface area contributed by atoms with Crippen LogP contribution < -0.4 is 10.1 Å². The molecule has 150 valence electrons. The molecule has 0 aliphatic carbocycles. The summed E-state index contributed by atoms with van der Waals surface area (Å²) in [5, 5.41) is 5.19. The van der Waals surface area contributed by atoms with E-state index in [1.807, 2.05) is 48.5 Å². The molecule has 1 saturated heterocycles. The van der Waals surface area contributed by atoms with E-state index in [-0.39, 0.29) is 12.5 Å². The Kier molecular flexibility index (Phi) is 6.39. The molecule has 0 atom stereocenters. The molecule has 0 unspecified atom stereocenters. The summed E-state index contributed by atoms with van der Waals surface area (Å²) in [6, 6.07) is 22.3. The molecule has 5 nitrogen and oxygen atoms in total. The first-order chi connectivity index (χ1) is 14.3. The number of ether oxygens (including phenoxy) is 2. The van der Waals surface area contributed by atoms with Gasteiger partial charge in [0.2, 0.25) is 0 Å². The predicted octanol–water partition coefficient (Wildman–Crippen LogP) is 3.37. The minimum Gasteiger partial charge on any atom is -0.484 e.